The van der Waals surface area contributed by atoms with Gasteiger partial charge in [0, 0.05) is 11.9 Å². The van der Waals surface area contributed by atoms with Crippen LogP contribution in [0.3, 0.4) is 0 Å². The van der Waals surface area contributed by atoms with E-state index in [4.69, 9.17) is 0 Å². The minimum atomic E-state index is -4.53. The summed E-state index contributed by atoms with van der Waals surface area (Å²) in [6.07, 6.45) is -3.71. The van der Waals surface area contributed by atoms with Crippen molar-refractivity contribution in [2.75, 3.05) is 11.9 Å². The minimum absolute atomic E-state index is 0.174. The molecule has 0 aromatic heterocycles. The first kappa shape index (κ1) is 17.0. The Morgan fingerprint density at radius 1 is 1.25 bits per heavy atom. The monoisotopic (exact) mass is 351 g/mol. The summed E-state index contributed by atoms with van der Waals surface area (Å²) in [5.74, 6) is -0.694. The number of amides is 1. The minimum Gasteiger partial charge on any atom is -0.351 e. The van der Waals surface area contributed by atoms with E-state index in [1.807, 2.05) is 13.8 Å². The van der Waals surface area contributed by atoms with Crippen LogP contribution in [0.2, 0.25) is 0 Å². The third kappa shape index (κ3) is 4.81. The molecular formula is C14H17BrF3NO. The smallest absolute Gasteiger partial charge is 0.351 e. The lowest BCUT2D eigenvalue weighted by Gasteiger charge is -2.24. The molecule has 1 aromatic rings. The van der Waals surface area contributed by atoms with Crippen molar-refractivity contribution in [3.8, 4) is 0 Å². The molecular weight excluding hydrogens is 335 g/mol. The SMILES string of the molecule is CC(C)(CCBr)CNC(=O)c1ccccc1C(F)(F)F. The normalized spacial score (nSPS) is 12.3. The predicted octanol–water partition coefficient (Wildman–Crippen LogP) is 4.25. The summed E-state index contributed by atoms with van der Waals surface area (Å²) in [6, 6.07) is 4.80. The summed E-state index contributed by atoms with van der Waals surface area (Å²) in [5.41, 5.74) is -1.42. The van der Waals surface area contributed by atoms with Crippen molar-refractivity contribution in [1.82, 2.24) is 5.32 Å². The summed E-state index contributed by atoms with van der Waals surface area (Å²) < 4.78 is 38.5. The Morgan fingerprint density at radius 2 is 1.85 bits per heavy atom. The molecule has 0 heterocycles. The Labute approximate surface area is 124 Å². The van der Waals surface area contributed by atoms with Gasteiger partial charge in [-0.15, -0.1) is 0 Å². The molecule has 0 unspecified atom stereocenters. The van der Waals surface area contributed by atoms with Crippen LogP contribution >= 0.6 is 15.9 Å². The number of carbonyl (C=O) groups is 1. The van der Waals surface area contributed by atoms with Crippen LogP contribution in [0.15, 0.2) is 24.3 Å². The molecule has 0 saturated heterocycles. The first-order valence-corrected chi connectivity index (χ1v) is 7.30. The van der Waals surface area contributed by atoms with Gasteiger partial charge in [0.1, 0.15) is 0 Å². The van der Waals surface area contributed by atoms with Crippen LogP contribution in [0.25, 0.3) is 0 Å². The van der Waals surface area contributed by atoms with Crippen molar-refractivity contribution in [3.05, 3.63) is 35.4 Å². The fourth-order valence-corrected chi connectivity index (χ4v) is 2.76. The van der Waals surface area contributed by atoms with Gasteiger partial charge in [0.05, 0.1) is 11.1 Å². The van der Waals surface area contributed by atoms with Gasteiger partial charge in [0.2, 0.25) is 0 Å². The van der Waals surface area contributed by atoms with E-state index in [1.165, 1.54) is 18.2 Å². The van der Waals surface area contributed by atoms with Crippen molar-refractivity contribution in [2.24, 2.45) is 5.41 Å². The molecule has 0 aliphatic heterocycles. The third-order valence-corrected chi connectivity index (χ3v) is 3.37. The molecule has 6 heteroatoms. The van der Waals surface area contributed by atoms with Gasteiger partial charge in [-0.2, -0.15) is 13.2 Å². The van der Waals surface area contributed by atoms with Gasteiger partial charge in [-0.3, -0.25) is 4.79 Å². The van der Waals surface area contributed by atoms with Crippen LogP contribution in [0.5, 0.6) is 0 Å². The Hall–Kier alpha value is -1.04. The summed E-state index contributed by atoms with van der Waals surface area (Å²) in [4.78, 5) is 11.9. The number of carbonyl (C=O) groups excluding carboxylic acids is 1. The van der Waals surface area contributed by atoms with E-state index in [0.29, 0.717) is 6.54 Å². The van der Waals surface area contributed by atoms with E-state index in [-0.39, 0.29) is 11.0 Å². The molecule has 0 aliphatic carbocycles. The third-order valence-electron chi connectivity index (χ3n) is 2.98. The number of rotatable bonds is 5. The number of nitrogens with one attached hydrogen (secondary N) is 1. The fourth-order valence-electron chi connectivity index (χ4n) is 1.69. The van der Waals surface area contributed by atoms with Crippen molar-refractivity contribution >= 4 is 21.8 Å². The molecule has 1 N–H and O–H groups in total. The van der Waals surface area contributed by atoms with E-state index < -0.39 is 17.6 Å². The highest BCUT2D eigenvalue weighted by Crippen LogP contribution is 2.31. The quantitative estimate of drug-likeness (QED) is 0.789. The van der Waals surface area contributed by atoms with Gasteiger partial charge in [-0.25, -0.2) is 0 Å². The molecule has 1 aromatic carbocycles. The Morgan fingerprint density at radius 3 is 2.40 bits per heavy atom. The van der Waals surface area contributed by atoms with Gasteiger partial charge in [0.15, 0.2) is 0 Å². The molecule has 0 aliphatic rings. The number of hydrogen-bond donors (Lipinski definition) is 1. The van der Waals surface area contributed by atoms with Crippen molar-refractivity contribution in [3.63, 3.8) is 0 Å². The largest absolute Gasteiger partial charge is 0.417 e. The molecule has 20 heavy (non-hydrogen) atoms. The van der Waals surface area contributed by atoms with Crippen molar-refractivity contribution < 1.29 is 18.0 Å². The van der Waals surface area contributed by atoms with Gasteiger partial charge < -0.3 is 5.32 Å². The Kier molecular flexibility index (Phi) is 5.62. The maximum atomic E-state index is 12.8. The zero-order chi connectivity index (χ0) is 15.4. The first-order valence-electron chi connectivity index (χ1n) is 6.18. The molecule has 2 nitrogen and oxygen atoms in total. The van der Waals surface area contributed by atoms with Gasteiger partial charge in [-0.05, 0) is 24.0 Å². The molecule has 0 bridgehead atoms. The highest BCUT2D eigenvalue weighted by atomic mass is 79.9. The van der Waals surface area contributed by atoms with Gasteiger partial charge in [0.25, 0.3) is 5.91 Å². The highest BCUT2D eigenvalue weighted by molar-refractivity contribution is 9.09. The molecule has 1 rings (SSSR count). The van der Waals surface area contributed by atoms with Crippen LogP contribution in [0, 0.1) is 5.41 Å². The number of benzene rings is 1. The topological polar surface area (TPSA) is 29.1 Å². The highest BCUT2D eigenvalue weighted by Gasteiger charge is 2.35. The van der Waals surface area contributed by atoms with E-state index in [9.17, 15) is 18.0 Å². The molecule has 0 atom stereocenters. The average molecular weight is 352 g/mol. The maximum absolute atomic E-state index is 12.8. The molecule has 0 spiro atoms. The first-order chi connectivity index (χ1) is 9.17. The molecule has 112 valence electrons. The number of halogens is 4. The second-order valence-electron chi connectivity index (χ2n) is 5.33. The lowest BCUT2D eigenvalue weighted by atomic mass is 9.90. The fraction of sp³-hybridized carbons (Fsp3) is 0.500. The van der Waals surface area contributed by atoms with E-state index in [2.05, 4.69) is 21.2 Å². The number of hydrogen-bond acceptors (Lipinski definition) is 1. The zero-order valence-electron chi connectivity index (χ0n) is 11.4. The summed E-state index contributed by atoms with van der Waals surface area (Å²) in [5, 5.41) is 3.35. The lowest BCUT2D eigenvalue weighted by Crippen LogP contribution is -2.35. The van der Waals surface area contributed by atoms with Crippen molar-refractivity contribution in [1.29, 1.82) is 0 Å². The summed E-state index contributed by atoms with van der Waals surface area (Å²) in [7, 11) is 0. The van der Waals surface area contributed by atoms with Crippen LogP contribution < -0.4 is 5.32 Å². The molecule has 0 saturated carbocycles. The van der Waals surface area contributed by atoms with Crippen LogP contribution in [0.1, 0.15) is 36.2 Å². The second-order valence-corrected chi connectivity index (χ2v) is 6.12. The van der Waals surface area contributed by atoms with Crippen molar-refractivity contribution in [2.45, 2.75) is 26.4 Å². The average Bonchev–Trinajstić information content (AvgIpc) is 2.35. The zero-order valence-corrected chi connectivity index (χ0v) is 12.9. The summed E-state index contributed by atoms with van der Waals surface area (Å²) >= 11 is 3.31. The Bertz CT molecular complexity index is 472. The van der Waals surface area contributed by atoms with Gasteiger partial charge >= 0.3 is 6.18 Å². The second kappa shape index (κ2) is 6.61. The van der Waals surface area contributed by atoms with E-state index in [1.54, 1.807) is 0 Å². The molecule has 0 fully saturated rings. The van der Waals surface area contributed by atoms with Gasteiger partial charge in [-0.1, -0.05) is 41.9 Å². The lowest BCUT2D eigenvalue weighted by molar-refractivity contribution is -0.137. The number of alkyl halides is 4. The van der Waals surface area contributed by atoms with E-state index >= 15 is 0 Å². The molecule has 0 radical (unpaired) electrons. The summed E-state index contributed by atoms with van der Waals surface area (Å²) in [6.45, 7) is 4.22. The standard InChI is InChI=1S/C14H17BrF3NO/c1-13(2,7-8-15)9-19-12(20)10-5-3-4-6-11(10)14(16,17)18/h3-6H,7-9H2,1-2H3,(H,19,20). The predicted molar refractivity (Wildman–Crippen MR) is 76.0 cm³/mol. The maximum Gasteiger partial charge on any atom is 0.417 e. The molecule has 1 amide bonds. The van der Waals surface area contributed by atoms with E-state index in [0.717, 1.165) is 17.8 Å². The van der Waals surface area contributed by atoms with Crippen LogP contribution in [-0.4, -0.2) is 17.8 Å². The Balaban J connectivity index is 2.84. The van der Waals surface area contributed by atoms with Crippen LogP contribution in [0.4, 0.5) is 13.2 Å². The van der Waals surface area contributed by atoms with Crippen LogP contribution in [-0.2, 0) is 6.18 Å².